The standard InChI is InChI=1S/C15H19NO4/c1-20-13-7-3-2-5-11(13)9-14(17)16-8-4-6-12(16)10-15(18)19/h2-3,5,7,12H,4,6,8-10H2,1H3,(H,18,19)/t12-/m1/s1. The second kappa shape index (κ2) is 6.41. The lowest BCUT2D eigenvalue weighted by Crippen LogP contribution is -2.37. The number of methoxy groups -OCH3 is 1. The molecule has 0 saturated carbocycles. The van der Waals surface area contributed by atoms with Gasteiger partial charge in [0.1, 0.15) is 5.75 Å². The number of carboxylic acids is 1. The number of benzene rings is 1. The summed E-state index contributed by atoms with van der Waals surface area (Å²) in [7, 11) is 1.58. The maximum Gasteiger partial charge on any atom is 0.305 e. The topological polar surface area (TPSA) is 66.8 Å². The van der Waals surface area contributed by atoms with Gasteiger partial charge in [-0.15, -0.1) is 0 Å². The quantitative estimate of drug-likeness (QED) is 0.889. The highest BCUT2D eigenvalue weighted by molar-refractivity contribution is 5.81. The van der Waals surface area contributed by atoms with E-state index in [2.05, 4.69) is 0 Å². The molecule has 0 aromatic heterocycles. The maximum absolute atomic E-state index is 12.4. The number of nitrogens with zero attached hydrogens (tertiary/aromatic N) is 1. The lowest BCUT2D eigenvalue weighted by Gasteiger charge is -2.23. The van der Waals surface area contributed by atoms with Crippen molar-refractivity contribution in [1.29, 1.82) is 0 Å². The van der Waals surface area contributed by atoms with Crippen LogP contribution in [0.3, 0.4) is 0 Å². The van der Waals surface area contributed by atoms with Crippen LogP contribution >= 0.6 is 0 Å². The fourth-order valence-corrected chi connectivity index (χ4v) is 2.69. The number of carboxylic acid groups (broad SMARTS) is 1. The second-order valence-corrected chi connectivity index (χ2v) is 4.97. The van der Waals surface area contributed by atoms with Crippen molar-refractivity contribution in [3.05, 3.63) is 29.8 Å². The number of ether oxygens (including phenoxy) is 1. The third-order valence-electron chi connectivity index (χ3n) is 3.64. The van der Waals surface area contributed by atoms with Gasteiger partial charge < -0.3 is 14.7 Å². The van der Waals surface area contributed by atoms with Crippen LogP contribution in [0, 0.1) is 0 Å². The molecule has 0 radical (unpaired) electrons. The van der Waals surface area contributed by atoms with Crippen molar-refractivity contribution in [2.24, 2.45) is 0 Å². The van der Waals surface area contributed by atoms with Crippen LogP contribution in [0.2, 0.25) is 0 Å². The Labute approximate surface area is 118 Å². The van der Waals surface area contributed by atoms with Crippen molar-refractivity contribution in [3.8, 4) is 5.75 Å². The summed E-state index contributed by atoms with van der Waals surface area (Å²) in [5.41, 5.74) is 0.834. The first kappa shape index (κ1) is 14.4. The first-order valence-electron chi connectivity index (χ1n) is 6.75. The highest BCUT2D eigenvalue weighted by Gasteiger charge is 2.30. The monoisotopic (exact) mass is 277 g/mol. The van der Waals surface area contributed by atoms with Crippen LogP contribution in [0.25, 0.3) is 0 Å². The molecule has 5 nitrogen and oxygen atoms in total. The Morgan fingerprint density at radius 3 is 2.85 bits per heavy atom. The number of likely N-dealkylation sites (tertiary alicyclic amines) is 1. The van der Waals surface area contributed by atoms with Crippen LogP contribution in [0.4, 0.5) is 0 Å². The number of rotatable bonds is 5. The van der Waals surface area contributed by atoms with Gasteiger partial charge in [-0.3, -0.25) is 9.59 Å². The molecule has 0 aliphatic carbocycles. The molecule has 0 bridgehead atoms. The van der Waals surface area contributed by atoms with E-state index in [0.29, 0.717) is 12.3 Å². The summed E-state index contributed by atoms with van der Waals surface area (Å²) in [4.78, 5) is 24.9. The molecule has 1 aliphatic heterocycles. The van der Waals surface area contributed by atoms with E-state index in [1.807, 2.05) is 24.3 Å². The van der Waals surface area contributed by atoms with Crippen LogP contribution in [0.5, 0.6) is 5.75 Å². The van der Waals surface area contributed by atoms with Crippen molar-refractivity contribution < 1.29 is 19.4 Å². The van der Waals surface area contributed by atoms with E-state index in [1.54, 1.807) is 12.0 Å². The van der Waals surface area contributed by atoms with E-state index < -0.39 is 5.97 Å². The average molecular weight is 277 g/mol. The molecule has 1 aromatic rings. The van der Waals surface area contributed by atoms with Gasteiger partial charge in [0.05, 0.1) is 20.0 Å². The Morgan fingerprint density at radius 2 is 2.15 bits per heavy atom. The third-order valence-corrected chi connectivity index (χ3v) is 3.64. The first-order chi connectivity index (χ1) is 9.61. The van der Waals surface area contributed by atoms with Gasteiger partial charge >= 0.3 is 5.97 Å². The minimum Gasteiger partial charge on any atom is -0.496 e. The number of aliphatic carboxylic acids is 1. The van der Waals surface area contributed by atoms with Crippen molar-refractivity contribution >= 4 is 11.9 Å². The van der Waals surface area contributed by atoms with Gasteiger partial charge in [-0.2, -0.15) is 0 Å². The Morgan fingerprint density at radius 1 is 1.40 bits per heavy atom. The molecule has 1 aromatic carbocycles. The van der Waals surface area contributed by atoms with E-state index in [0.717, 1.165) is 18.4 Å². The van der Waals surface area contributed by atoms with E-state index in [1.165, 1.54) is 0 Å². The number of para-hydroxylation sites is 1. The molecule has 1 N–H and O–H groups in total. The lowest BCUT2D eigenvalue weighted by molar-refractivity contribution is -0.139. The van der Waals surface area contributed by atoms with Crippen LogP contribution < -0.4 is 4.74 Å². The van der Waals surface area contributed by atoms with Gasteiger partial charge in [0.15, 0.2) is 0 Å². The van der Waals surface area contributed by atoms with Gasteiger partial charge in [-0.25, -0.2) is 0 Å². The van der Waals surface area contributed by atoms with Crippen LogP contribution in [-0.4, -0.2) is 41.6 Å². The molecule has 20 heavy (non-hydrogen) atoms. The summed E-state index contributed by atoms with van der Waals surface area (Å²) in [6, 6.07) is 7.23. The van der Waals surface area contributed by atoms with Gasteiger partial charge in [0.2, 0.25) is 5.91 Å². The number of hydrogen-bond donors (Lipinski definition) is 1. The first-order valence-corrected chi connectivity index (χ1v) is 6.75. The zero-order valence-electron chi connectivity index (χ0n) is 11.5. The highest BCUT2D eigenvalue weighted by atomic mass is 16.5. The summed E-state index contributed by atoms with van der Waals surface area (Å²) < 4.78 is 5.24. The largest absolute Gasteiger partial charge is 0.496 e. The molecular weight excluding hydrogens is 258 g/mol. The average Bonchev–Trinajstić information content (AvgIpc) is 2.86. The highest BCUT2D eigenvalue weighted by Crippen LogP contribution is 2.23. The van der Waals surface area contributed by atoms with Gasteiger partial charge in [0.25, 0.3) is 0 Å². The summed E-state index contributed by atoms with van der Waals surface area (Å²) >= 11 is 0. The zero-order valence-corrected chi connectivity index (χ0v) is 11.5. The number of carbonyl (C=O) groups is 2. The van der Waals surface area contributed by atoms with Crippen molar-refractivity contribution in [2.45, 2.75) is 31.7 Å². The molecular formula is C15H19NO4. The molecule has 108 valence electrons. The Hall–Kier alpha value is -2.04. The van der Waals surface area contributed by atoms with E-state index in [4.69, 9.17) is 9.84 Å². The Balaban J connectivity index is 2.05. The summed E-state index contributed by atoms with van der Waals surface area (Å²) in [5.74, 6) is -0.194. The molecule has 1 atom stereocenters. The van der Waals surface area contributed by atoms with E-state index in [9.17, 15) is 9.59 Å². The van der Waals surface area contributed by atoms with Gasteiger partial charge in [-0.05, 0) is 18.9 Å². The fraction of sp³-hybridized carbons (Fsp3) is 0.467. The predicted molar refractivity (Wildman–Crippen MR) is 73.7 cm³/mol. The molecule has 1 heterocycles. The lowest BCUT2D eigenvalue weighted by atomic mass is 10.1. The molecule has 1 aliphatic rings. The molecule has 0 spiro atoms. The zero-order chi connectivity index (χ0) is 14.5. The van der Waals surface area contributed by atoms with E-state index in [-0.39, 0.29) is 24.8 Å². The van der Waals surface area contributed by atoms with Gasteiger partial charge in [0, 0.05) is 18.2 Å². The molecule has 5 heteroatoms. The van der Waals surface area contributed by atoms with Gasteiger partial charge in [-0.1, -0.05) is 18.2 Å². The van der Waals surface area contributed by atoms with Crippen molar-refractivity contribution in [2.75, 3.05) is 13.7 Å². The van der Waals surface area contributed by atoms with Crippen LogP contribution in [0.15, 0.2) is 24.3 Å². The summed E-state index contributed by atoms with van der Waals surface area (Å²) in [6.45, 7) is 0.645. The minimum absolute atomic E-state index is 0.0255. The summed E-state index contributed by atoms with van der Waals surface area (Å²) in [5, 5.41) is 8.89. The molecule has 1 amide bonds. The predicted octanol–water partition coefficient (Wildman–Crippen LogP) is 1.70. The molecule has 1 fully saturated rings. The Bertz CT molecular complexity index is 500. The second-order valence-electron chi connectivity index (χ2n) is 4.97. The number of amides is 1. The third kappa shape index (κ3) is 3.29. The van der Waals surface area contributed by atoms with Crippen molar-refractivity contribution in [3.63, 3.8) is 0 Å². The Kier molecular flexibility index (Phi) is 4.61. The molecule has 2 rings (SSSR count). The summed E-state index contributed by atoms with van der Waals surface area (Å²) in [6.07, 6.45) is 1.91. The van der Waals surface area contributed by atoms with Crippen LogP contribution in [-0.2, 0) is 16.0 Å². The maximum atomic E-state index is 12.4. The number of hydrogen-bond acceptors (Lipinski definition) is 3. The van der Waals surface area contributed by atoms with E-state index >= 15 is 0 Å². The fourth-order valence-electron chi connectivity index (χ4n) is 2.69. The van der Waals surface area contributed by atoms with Crippen molar-refractivity contribution in [1.82, 2.24) is 4.90 Å². The smallest absolute Gasteiger partial charge is 0.305 e. The molecule has 0 unspecified atom stereocenters. The molecule has 1 saturated heterocycles. The normalized spacial score (nSPS) is 18.1. The number of carbonyl (C=O) groups excluding carboxylic acids is 1. The van der Waals surface area contributed by atoms with Crippen LogP contribution in [0.1, 0.15) is 24.8 Å². The SMILES string of the molecule is COc1ccccc1CC(=O)N1CCC[C@@H]1CC(=O)O. The minimum atomic E-state index is -0.855.